The molecule has 0 heterocycles. The highest BCUT2D eigenvalue weighted by atomic mass is 16.7. The van der Waals surface area contributed by atoms with Gasteiger partial charge in [-0.05, 0) is 0 Å². The summed E-state index contributed by atoms with van der Waals surface area (Å²) in [7, 11) is 0. The summed E-state index contributed by atoms with van der Waals surface area (Å²) in [6, 6.07) is 7.30. The number of benzene rings is 1. The summed E-state index contributed by atoms with van der Waals surface area (Å²) in [5.41, 5.74) is -2.38. The first kappa shape index (κ1) is 11.6. The molecule has 0 saturated carbocycles. The van der Waals surface area contributed by atoms with Crippen molar-refractivity contribution in [3.63, 3.8) is 0 Å². The number of hydrogen-bond donors (Lipinski definition) is 3. The van der Waals surface area contributed by atoms with Crippen LogP contribution in [0, 0.1) is 10.1 Å². The highest BCUT2D eigenvalue weighted by molar-refractivity contribution is 5.22. The molecule has 3 N–H and O–H groups in total. The predicted octanol–water partition coefficient (Wildman–Crippen LogP) is -0.191. The van der Waals surface area contributed by atoms with Gasteiger partial charge in [0.2, 0.25) is 0 Å². The normalized spacial score (nSPS) is 15.7. The maximum atomic E-state index is 10.8. The van der Waals surface area contributed by atoms with Crippen LogP contribution in [0.25, 0.3) is 0 Å². The quantitative estimate of drug-likeness (QED) is 0.366. The van der Waals surface area contributed by atoms with Gasteiger partial charge in [0, 0.05) is 17.4 Å². The van der Waals surface area contributed by atoms with Crippen LogP contribution in [-0.2, 0) is 5.54 Å². The summed E-state index contributed by atoms with van der Waals surface area (Å²) in [4.78, 5) is 9.85. The standard InChI is InChI=1S/C9H11NO5/c1-8(10(14)15,9(11,12)13)7-5-3-2-4-6-7/h2-6,11-13H,1H3. The molecule has 0 radical (unpaired) electrons. The molecule has 0 bridgehead atoms. The molecule has 1 aromatic carbocycles. The molecule has 0 aliphatic heterocycles. The molecule has 1 unspecified atom stereocenters. The Morgan fingerprint density at radius 3 is 2.00 bits per heavy atom. The molecule has 0 aliphatic carbocycles. The van der Waals surface area contributed by atoms with Crippen LogP contribution in [0.3, 0.4) is 0 Å². The molecule has 1 atom stereocenters. The van der Waals surface area contributed by atoms with E-state index in [1.807, 2.05) is 0 Å². The zero-order valence-corrected chi connectivity index (χ0v) is 7.99. The zero-order chi connectivity index (χ0) is 11.7. The molecule has 1 rings (SSSR count). The highest BCUT2D eigenvalue weighted by Crippen LogP contribution is 2.32. The van der Waals surface area contributed by atoms with Crippen LogP contribution >= 0.6 is 0 Å². The van der Waals surface area contributed by atoms with E-state index in [9.17, 15) is 10.1 Å². The van der Waals surface area contributed by atoms with Crippen LogP contribution < -0.4 is 0 Å². The summed E-state index contributed by atoms with van der Waals surface area (Å²) >= 11 is 0. The lowest BCUT2D eigenvalue weighted by atomic mass is 9.90. The summed E-state index contributed by atoms with van der Waals surface area (Å²) in [5, 5.41) is 37.9. The van der Waals surface area contributed by atoms with Gasteiger partial charge < -0.3 is 15.3 Å². The zero-order valence-electron chi connectivity index (χ0n) is 7.99. The molecule has 6 nitrogen and oxygen atoms in total. The van der Waals surface area contributed by atoms with E-state index in [2.05, 4.69) is 0 Å². The number of nitrogens with zero attached hydrogens (tertiary/aromatic N) is 1. The van der Waals surface area contributed by atoms with Crippen LogP contribution in [0.1, 0.15) is 12.5 Å². The van der Waals surface area contributed by atoms with Crippen molar-refractivity contribution in [2.45, 2.75) is 18.4 Å². The average Bonchev–Trinajstić information content (AvgIpc) is 2.16. The fourth-order valence-electron chi connectivity index (χ4n) is 1.18. The van der Waals surface area contributed by atoms with Crippen molar-refractivity contribution in [2.24, 2.45) is 0 Å². The topological polar surface area (TPSA) is 104 Å². The maximum absolute atomic E-state index is 10.8. The number of hydrogen-bond acceptors (Lipinski definition) is 5. The van der Waals surface area contributed by atoms with Crippen molar-refractivity contribution in [3.8, 4) is 0 Å². The van der Waals surface area contributed by atoms with Gasteiger partial charge in [0.15, 0.2) is 0 Å². The van der Waals surface area contributed by atoms with Crippen LogP contribution in [0.15, 0.2) is 30.3 Å². The average molecular weight is 213 g/mol. The van der Waals surface area contributed by atoms with Crippen molar-refractivity contribution >= 4 is 0 Å². The largest absolute Gasteiger partial charge is 0.354 e. The molecule has 6 heteroatoms. The van der Waals surface area contributed by atoms with Crippen LogP contribution in [-0.4, -0.2) is 26.2 Å². The van der Waals surface area contributed by atoms with E-state index in [0.717, 1.165) is 6.92 Å². The summed E-state index contributed by atoms with van der Waals surface area (Å²) in [5.74, 6) is -3.42. The van der Waals surface area contributed by atoms with Crippen molar-refractivity contribution in [1.29, 1.82) is 0 Å². The summed E-state index contributed by atoms with van der Waals surface area (Å²) in [6.45, 7) is 0.933. The molecular formula is C9H11NO5. The Labute approximate surface area is 85.6 Å². The van der Waals surface area contributed by atoms with E-state index in [-0.39, 0.29) is 5.56 Å². The van der Waals surface area contributed by atoms with Gasteiger partial charge in [-0.25, -0.2) is 0 Å². The smallest absolute Gasteiger partial charge is 0.338 e. The van der Waals surface area contributed by atoms with Gasteiger partial charge in [-0.2, -0.15) is 0 Å². The third-order valence-corrected chi connectivity index (χ3v) is 2.35. The fraction of sp³-hybridized carbons (Fsp3) is 0.333. The molecule has 0 amide bonds. The Kier molecular flexibility index (Phi) is 2.76. The number of rotatable bonds is 3. The Hall–Kier alpha value is -1.50. The predicted molar refractivity (Wildman–Crippen MR) is 50.2 cm³/mol. The van der Waals surface area contributed by atoms with Crippen LogP contribution in [0.4, 0.5) is 0 Å². The van der Waals surface area contributed by atoms with Gasteiger partial charge in [-0.1, -0.05) is 30.3 Å². The van der Waals surface area contributed by atoms with E-state index in [1.165, 1.54) is 24.3 Å². The molecule has 0 saturated heterocycles. The molecule has 0 spiro atoms. The lowest BCUT2D eigenvalue weighted by Gasteiger charge is -2.28. The second-order valence-electron chi connectivity index (χ2n) is 3.33. The van der Waals surface area contributed by atoms with Gasteiger partial charge in [-0.3, -0.25) is 10.1 Å². The van der Waals surface area contributed by atoms with Gasteiger partial charge in [0.25, 0.3) is 0 Å². The number of nitro groups is 1. The first-order valence-corrected chi connectivity index (χ1v) is 4.17. The molecule has 0 aliphatic rings. The summed E-state index contributed by atoms with van der Waals surface area (Å²) in [6.07, 6.45) is 0. The third kappa shape index (κ3) is 1.82. The summed E-state index contributed by atoms with van der Waals surface area (Å²) < 4.78 is 0. The van der Waals surface area contributed by atoms with E-state index >= 15 is 0 Å². The minimum atomic E-state index is -3.42. The Morgan fingerprint density at radius 2 is 1.67 bits per heavy atom. The lowest BCUT2D eigenvalue weighted by molar-refractivity contribution is -0.643. The molecule has 1 aromatic rings. The minimum Gasteiger partial charge on any atom is -0.338 e. The molecule has 82 valence electrons. The van der Waals surface area contributed by atoms with Crippen molar-refractivity contribution in [2.75, 3.05) is 0 Å². The Bertz CT molecular complexity index is 359. The second kappa shape index (κ2) is 3.58. The van der Waals surface area contributed by atoms with Crippen molar-refractivity contribution in [1.82, 2.24) is 0 Å². The van der Waals surface area contributed by atoms with E-state index in [4.69, 9.17) is 15.3 Å². The maximum Gasteiger partial charge on any atom is 0.354 e. The van der Waals surface area contributed by atoms with Crippen LogP contribution in [0.2, 0.25) is 0 Å². The molecular weight excluding hydrogens is 202 g/mol. The SMILES string of the molecule is CC(c1ccccc1)([N+](=O)[O-])C(O)(O)O. The third-order valence-electron chi connectivity index (χ3n) is 2.35. The Morgan fingerprint density at radius 1 is 1.20 bits per heavy atom. The highest BCUT2D eigenvalue weighted by Gasteiger charge is 2.58. The molecule has 15 heavy (non-hydrogen) atoms. The molecule has 0 fully saturated rings. The van der Waals surface area contributed by atoms with Gasteiger partial charge >= 0.3 is 11.5 Å². The van der Waals surface area contributed by atoms with Crippen LogP contribution in [0.5, 0.6) is 0 Å². The van der Waals surface area contributed by atoms with Crippen molar-refractivity contribution in [3.05, 3.63) is 46.0 Å². The van der Waals surface area contributed by atoms with Gasteiger partial charge in [0.1, 0.15) is 0 Å². The number of aliphatic hydroxyl groups is 3. The monoisotopic (exact) mass is 213 g/mol. The van der Waals surface area contributed by atoms with Crippen molar-refractivity contribution < 1.29 is 20.2 Å². The minimum absolute atomic E-state index is 0.00231. The van der Waals surface area contributed by atoms with E-state index in [0.29, 0.717) is 0 Å². The van der Waals surface area contributed by atoms with E-state index < -0.39 is 16.4 Å². The Balaban J connectivity index is 3.32. The van der Waals surface area contributed by atoms with Gasteiger partial charge in [0.05, 0.1) is 0 Å². The first-order valence-electron chi connectivity index (χ1n) is 4.17. The second-order valence-corrected chi connectivity index (χ2v) is 3.33. The fourth-order valence-corrected chi connectivity index (χ4v) is 1.18. The molecule has 0 aromatic heterocycles. The van der Waals surface area contributed by atoms with Gasteiger partial charge in [-0.15, -0.1) is 0 Å². The lowest BCUT2D eigenvalue weighted by Crippen LogP contribution is -2.54. The van der Waals surface area contributed by atoms with E-state index in [1.54, 1.807) is 6.07 Å². The first-order chi connectivity index (χ1) is 6.80.